The molecule has 2 unspecified atom stereocenters. The third kappa shape index (κ3) is 5.47. The second kappa shape index (κ2) is 8.75. The average molecular weight is 442 g/mol. The molecule has 2 heterocycles. The molecule has 31 heavy (non-hydrogen) atoms. The number of halogens is 3. The summed E-state index contributed by atoms with van der Waals surface area (Å²) in [5.74, 6) is 0.261. The molecule has 1 aromatic rings. The minimum Gasteiger partial charge on any atom is -0.442 e. The van der Waals surface area contributed by atoms with E-state index in [2.05, 4.69) is 20.8 Å². The van der Waals surface area contributed by atoms with Crippen LogP contribution >= 0.6 is 0 Å². The van der Waals surface area contributed by atoms with Crippen molar-refractivity contribution in [2.75, 3.05) is 11.9 Å². The zero-order chi connectivity index (χ0) is 22.9. The van der Waals surface area contributed by atoms with E-state index in [1.165, 1.54) is 19.2 Å². The molecule has 3 rings (SSSR count). The first-order valence-electron chi connectivity index (χ1n) is 9.91. The first-order valence-corrected chi connectivity index (χ1v) is 9.91. The lowest BCUT2D eigenvalue weighted by Gasteiger charge is -2.25. The molecule has 0 bridgehead atoms. The van der Waals surface area contributed by atoms with Gasteiger partial charge in [-0.3, -0.25) is 10.5 Å². The Bertz CT molecular complexity index is 912. The summed E-state index contributed by atoms with van der Waals surface area (Å²) < 4.78 is 41.6. The standard InChI is InChI=1S/C20H26F3N5O3/c1-10(16(25)31-9-20(21,22)23)7-15(24)11(2)28-8-14-13(19(28)30)5-6-26-17(14)27-18(29)12-3-4-12/h5-7,11-12,18,29H,3-4,8-9,24-25H2,1-2H3,(H,26,27)/p+1/b15-7-,16-10+. The molecule has 0 radical (unpaired) electrons. The molecule has 1 fully saturated rings. The lowest BCUT2D eigenvalue weighted by Crippen LogP contribution is -2.50. The van der Waals surface area contributed by atoms with Gasteiger partial charge in [0.25, 0.3) is 11.8 Å². The summed E-state index contributed by atoms with van der Waals surface area (Å²) in [7, 11) is 0. The summed E-state index contributed by atoms with van der Waals surface area (Å²) in [6, 6.07) is 1.08. The number of hydrogen-bond donors (Lipinski definition) is 4. The SMILES string of the molecule is CC(/C=C(\N)C(C)N1Cc2c(ccnc2NC(O)C2CC2)C1=O)=C(/[NH3+])OCC(F)(F)F. The molecule has 1 aromatic heterocycles. The van der Waals surface area contributed by atoms with Crippen LogP contribution in [0.1, 0.15) is 42.6 Å². The van der Waals surface area contributed by atoms with Gasteiger partial charge in [0.2, 0.25) is 0 Å². The molecule has 8 nitrogen and oxygen atoms in total. The Morgan fingerprint density at radius 1 is 1.52 bits per heavy atom. The Labute approximate surface area is 177 Å². The molecule has 2 aliphatic rings. The van der Waals surface area contributed by atoms with Crippen molar-refractivity contribution in [1.82, 2.24) is 9.88 Å². The summed E-state index contributed by atoms with van der Waals surface area (Å²) in [5, 5.41) is 13.2. The van der Waals surface area contributed by atoms with Crippen molar-refractivity contribution in [3.05, 3.63) is 46.6 Å². The van der Waals surface area contributed by atoms with Crippen LogP contribution in [0.2, 0.25) is 0 Å². The van der Waals surface area contributed by atoms with E-state index >= 15 is 0 Å². The number of rotatable bonds is 8. The summed E-state index contributed by atoms with van der Waals surface area (Å²) in [4.78, 5) is 18.7. The van der Waals surface area contributed by atoms with E-state index < -0.39 is 25.1 Å². The first-order chi connectivity index (χ1) is 14.5. The van der Waals surface area contributed by atoms with Crippen molar-refractivity contribution in [2.24, 2.45) is 11.7 Å². The summed E-state index contributed by atoms with van der Waals surface area (Å²) in [6.45, 7) is 2.05. The molecule has 1 aliphatic carbocycles. The number of quaternary nitrogens is 1. The third-order valence-corrected chi connectivity index (χ3v) is 5.41. The fraction of sp³-hybridized carbons (Fsp3) is 0.500. The summed E-state index contributed by atoms with van der Waals surface area (Å²) in [6.07, 6.45) is -0.335. The Morgan fingerprint density at radius 2 is 2.19 bits per heavy atom. The summed E-state index contributed by atoms with van der Waals surface area (Å²) in [5.41, 5.74) is 11.4. The number of carbonyl (C=O) groups is 1. The number of aliphatic hydroxyl groups excluding tert-OH is 1. The molecule has 0 saturated heterocycles. The molecular formula is C20H27F3N5O3+. The van der Waals surface area contributed by atoms with Gasteiger partial charge in [0.1, 0.15) is 12.0 Å². The van der Waals surface area contributed by atoms with E-state index in [1.807, 2.05) is 0 Å². The van der Waals surface area contributed by atoms with Crippen LogP contribution in [-0.2, 0) is 11.3 Å². The van der Waals surface area contributed by atoms with Gasteiger partial charge >= 0.3 is 6.18 Å². The quantitative estimate of drug-likeness (QED) is 0.274. The highest BCUT2D eigenvalue weighted by Crippen LogP contribution is 2.35. The lowest BCUT2D eigenvalue weighted by molar-refractivity contribution is -0.367. The summed E-state index contributed by atoms with van der Waals surface area (Å²) >= 11 is 0. The van der Waals surface area contributed by atoms with Crippen LogP contribution in [0.3, 0.4) is 0 Å². The van der Waals surface area contributed by atoms with Crippen molar-refractivity contribution in [3.8, 4) is 0 Å². The lowest BCUT2D eigenvalue weighted by atomic mass is 10.1. The number of pyridine rings is 1. The zero-order valence-corrected chi connectivity index (χ0v) is 17.4. The minimum absolute atomic E-state index is 0.145. The molecule has 11 heteroatoms. The van der Waals surface area contributed by atoms with Crippen LogP contribution in [0.25, 0.3) is 0 Å². The van der Waals surface area contributed by atoms with Gasteiger partial charge in [-0.2, -0.15) is 13.2 Å². The number of ether oxygens (including phenoxy) is 1. The van der Waals surface area contributed by atoms with E-state index in [-0.39, 0.29) is 29.9 Å². The van der Waals surface area contributed by atoms with Crippen molar-refractivity contribution in [2.45, 2.75) is 51.7 Å². The maximum absolute atomic E-state index is 12.9. The van der Waals surface area contributed by atoms with Gasteiger partial charge in [0, 0.05) is 28.9 Å². The highest BCUT2D eigenvalue weighted by atomic mass is 19.4. The van der Waals surface area contributed by atoms with E-state index in [0.717, 1.165) is 12.8 Å². The second-order valence-corrected chi connectivity index (χ2v) is 7.88. The first kappa shape index (κ1) is 22.9. The Kier molecular flexibility index (Phi) is 6.46. The maximum atomic E-state index is 12.9. The molecule has 7 N–H and O–H groups in total. The molecule has 1 aliphatic heterocycles. The van der Waals surface area contributed by atoms with Gasteiger partial charge < -0.3 is 25.8 Å². The number of nitrogens with one attached hydrogen (secondary N) is 1. The normalized spacial score (nSPS) is 19.6. The predicted molar refractivity (Wildman–Crippen MR) is 106 cm³/mol. The number of carbonyl (C=O) groups excluding carboxylic acids is 1. The number of nitrogens with zero attached hydrogens (tertiary/aromatic N) is 2. The highest BCUT2D eigenvalue weighted by Gasteiger charge is 2.36. The number of amides is 1. The largest absolute Gasteiger partial charge is 0.442 e. The van der Waals surface area contributed by atoms with Crippen molar-refractivity contribution >= 4 is 11.7 Å². The molecule has 0 aromatic carbocycles. The van der Waals surface area contributed by atoms with Crippen LogP contribution in [0.4, 0.5) is 19.0 Å². The number of anilines is 1. The molecule has 1 amide bonds. The van der Waals surface area contributed by atoms with E-state index in [0.29, 0.717) is 22.5 Å². The second-order valence-electron chi connectivity index (χ2n) is 7.88. The number of nitrogens with two attached hydrogens (primary N) is 1. The number of fused-ring (bicyclic) bond motifs is 1. The fourth-order valence-electron chi connectivity index (χ4n) is 3.27. The van der Waals surface area contributed by atoms with Gasteiger partial charge in [-0.05, 0) is 38.8 Å². The van der Waals surface area contributed by atoms with E-state index in [4.69, 9.17) is 5.73 Å². The van der Waals surface area contributed by atoms with Gasteiger partial charge in [-0.15, -0.1) is 0 Å². The van der Waals surface area contributed by atoms with Gasteiger partial charge in [0.15, 0.2) is 6.61 Å². The molecule has 0 spiro atoms. The Balaban J connectivity index is 1.73. The van der Waals surface area contributed by atoms with Crippen molar-refractivity contribution in [1.29, 1.82) is 0 Å². The van der Waals surface area contributed by atoms with Gasteiger partial charge in [0.05, 0.1) is 18.2 Å². The Morgan fingerprint density at radius 3 is 2.81 bits per heavy atom. The van der Waals surface area contributed by atoms with Crippen LogP contribution < -0.4 is 16.8 Å². The zero-order valence-electron chi connectivity index (χ0n) is 17.4. The average Bonchev–Trinajstić information content (AvgIpc) is 3.49. The van der Waals surface area contributed by atoms with Crippen LogP contribution in [-0.4, -0.2) is 46.0 Å². The highest BCUT2D eigenvalue weighted by molar-refractivity contribution is 6.00. The van der Waals surface area contributed by atoms with Crippen molar-refractivity contribution in [3.63, 3.8) is 0 Å². The number of allylic oxidation sites excluding steroid dienone is 2. The van der Waals surface area contributed by atoms with Gasteiger partial charge in [-0.25, -0.2) is 4.98 Å². The molecular weight excluding hydrogens is 415 g/mol. The smallest absolute Gasteiger partial charge is 0.422 e. The number of aromatic nitrogens is 1. The fourth-order valence-corrected chi connectivity index (χ4v) is 3.27. The van der Waals surface area contributed by atoms with Crippen LogP contribution in [0.15, 0.2) is 35.5 Å². The van der Waals surface area contributed by atoms with Gasteiger partial charge in [-0.1, -0.05) is 0 Å². The van der Waals surface area contributed by atoms with E-state index in [1.54, 1.807) is 17.9 Å². The third-order valence-electron chi connectivity index (χ3n) is 5.41. The molecule has 170 valence electrons. The number of alkyl halides is 3. The minimum atomic E-state index is -4.47. The number of aliphatic hydroxyl groups is 1. The Hall–Kier alpha value is -2.79. The van der Waals surface area contributed by atoms with Crippen molar-refractivity contribution < 1.29 is 33.5 Å². The molecule has 1 saturated carbocycles. The maximum Gasteiger partial charge on any atom is 0.422 e. The molecule has 2 atom stereocenters. The van der Waals surface area contributed by atoms with Crippen LogP contribution in [0.5, 0.6) is 0 Å². The predicted octanol–water partition coefficient (Wildman–Crippen LogP) is 1.46. The number of hydrogen-bond acceptors (Lipinski definition) is 6. The van der Waals surface area contributed by atoms with E-state index in [9.17, 15) is 23.1 Å². The van der Waals surface area contributed by atoms with Crippen LogP contribution in [0, 0.1) is 5.92 Å². The topological polar surface area (TPSA) is 128 Å². The monoisotopic (exact) mass is 442 g/mol.